The van der Waals surface area contributed by atoms with Crippen LogP contribution in [0.3, 0.4) is 0 Å². The smallest absolute Gasteiger partial charge is 0.385 e. The lowest BCUT2D eigenvalue weighted by Crippen LogP contribution is -2.14. The summed E-state index contributed by atoms with van der Waals surface area (Å²) in [5, 5.41) is 2.57. The van der Waals surface area contributed by atoms with E-state index in [1.807, 2.05) is 0 Å². The van der Waals surface area contributed by atoms with Gasteiger partial charge in [0, 0.05) is 18.5 Å². The zero-order valence-electron chi connectivity index (χ0n) is 9.08. The van der Waals surface area contributed by atoms with Crippen LogP contribution in [-0.4, -0.2) is 27.4 Å². The molecule has 0 aliphatic rings. The number of hydrogen-bond acceptors (Lipinski definition) is 3. The highest BCUT2D eigenvalue weighted by Gasteiger charge is 2.26. The molecule has 17 heavy (non-hydrogen) atoms. The summed E-state index contributed by atoms with van der Waals surface area (Å²) in [7, 11) is -3.27. The second-order valence-corrected chi connectivity index (χ2v) is 5.60. The highest BCUT2D eigenvalue weighted by molar-refractivity contribution is 7.90. The van der Waals surface area contributed by atoms with E-state index >= 15 is 0 Å². The van der Waals surface area contributed by atoms with Crippen LogP contribution in [0, 0.1) is 0 Å². The van der Waals surface area contributed by atoms with Gasteiger partial charge in [0.15, 0.2) is 9.84 Å². The van der Waals surface area contributed by atoms with Gasteiger partial charge >= 0.3 is 6.18 Å². The summed E-state index contributed by atoms with van der Waals surface area (Å²) in [5.74, 6) is 0. The molecule has 0 spiro atoms. The third-order valence-corrected chi connectivity index (χ3v) is 3.15. The van der Waals surface area contributed by atoms with Crippen LogP contribution in [0.15, 0.2) is 29.2 Å². The van der Waals surface area contributed by atoms with Gasteiger partial charge in [-0.2, -0.15) is 13.2 Å². The van der Waals surface area contributed by atoms with Gasteiger partial charge < -0.3 is 5.32 Å². The Labute approximate surface area is 97.6 Å². The zero-order chi connectivity index (χ0) is 13.1. The molecule has 0 atom stereocenters. The van der Waals surface area contributed by atoms with Gasteiger partial charge in [0.1, 0.15) is 0 Å². The molecule has 0 radical (unpaired) electrons. The molecule has 0 fully saturated rings. The van der Waals surface area contributed by atoms with E-state index < -0.39 is 22.4 Å². The summed E-state index contributed by atoms with van der Waals surface area (Å²) in [4.78, 5) is 0.138. The lowest BCUT2D eigenvalue weighted by atomic mass is 10.3. The molecule has 0 aliphatic carbocycles. The number of anilines is 1. The molecule has 1 N–H and O–H groups in total. The van der Waals surface area contributed by atoms with E-state index in [-0.39, 0.29) is 11.4 Å². The van der Waals surface area contributed by atoms with Gasteiger partial charge in [-0.25, -0.2) is 8.42 Å². The summed E-state index contributed by atoms with van der Waals surface area (Å²) >= 11 is 0. The van der Waals surface area contributed by atoms with Crippen molar-refractivity contribution in [1.82, 2.24) is 0 Å². The van der Waals surface area contributed by atoms with Crippen LogP contribution >= 0.6 is 0 Å². The third-order valence-electron chi connectivity index (χ3n) is 2.02. The molecule has 1 aromatic carbocycles. The van der Waals surface area contributed by atoms with Crippen molar-refractivity contribution >= 4 is 15.5 Å². The van der Waals surface area contributed by atoms with Gasteiger partial charge in [0.05, 0.1) is 11.3 Å². The first-order valence-electron chi connectivity index (χ1n) is 4.79. The normalized spacial score (nSPS) is 12.5. The van der Waals surface area contributed by atoms with Crippen LogP contribution in [0.4, 0.5) is 18.9 Å². The summed E-state index contributed by atoms with van der Waals surface area (Å²) in [6, 6.07) is 5.58. The molecule has 0 aromatic heterocycles. The molecular formula is C10H12F3NO2S. The van der Waals surface area contributed by atoms with Crippen molar-refractivity contribution in [3.63, 3.8) is 0 Å². The van der Waals surface area contributed by atoms with Crippen molar-refractivity contribution < 1.29 is 21.6 Å². The molecule has 0 aliphatic heterocycles. The van der Waals surface area contributed by atoms with E-state index in [1.165, 1.54) is 24.3 Å². The number of sulfone groups is 1. The van der Waals surface area contributed by atoms with Gasteiger partial charge in [-0.05, 0) is 24.3 Å². The average Bonchev–Trinajstić information content (AvgIpc) is 2.15. The molecule has 0 bridgehead atoms. The van der Waals surface area contributed by atoms with Crippen LogP contribution in [0.25, 0.3) is 0 Å². The van der Waals surface area contributed by atoms with Crippen LogP contribution in [0.1, 0.15) is 6.42 Å². The Hall–Kier alpha value is -1.24. The van der Waals surface area contributed by atoms with E-state index in [0.29, 0.717) is 5.69 Å². The van der Waals surface area contributed by atoms with Crippen LogP contribution in [-0.2, 0) is 9.84 Å². The number of rotatable bonds is 4. The Morgan fingerprint density at radius 1 is 1.18 bits per heavy atom. The maximum absolute atomic E-state index is 11.9. The minimum atomic E-state index is -4.19. The summed E-state index contributed by atoms with van der Waals surface area (Å²) in [6.07, 6.45) is -4.06. The lowest BCUT2D eigenvalue weighted by molar-refractivity contribution is -0.131. The van der Waals surface area contributed by atoms with Gasteiger partial charge in [-0.1, -0.05) is 0 Å². The van der Waals surface area contributed by atoms with Crippen LogP contribution in [0.5, 0.6) is 0 Å². The van der Waals surface area contributed by atoms with E-state index in [4.69, 9.17) is 0 Å². The van der Waals surface area contributed by atoms with Crippen LogP contribution in [0.2, 0.25) is 0 Å². The first-order valence-corrected chi connectivity index (χ1v) is 6.68. The third kappa shape index (κ3) is 5.08. The van der Waals surface area contributed by atoms with E-state index in [2.05, 4.69) is 5.32 Å². The van der Waals surface area contributed by atoms with E-state index in [9.17, 15) is 21.6 Å². The molecule has 1 aromatic rings. The summed E-state index contributed by atoms with van der Waals surface area (Å²) in [6.45, 7) is -0.234. The monoisotopic (exact) mass is 267 g/mol. The SMILES string of the molecule is CS(=O)(=O)c1ccc(NCCC(F)(F)F)cc1. The number of halogens is 3. The Morgan fingerprint density at radius 2 is 1.71 bits per heavy atom. The quantitative estimate of drug-likeness (QED) is 0.911. The van der Waals surface area contributed by atoms with E-state index in [0.717, 1.165) is 6.26 Å². The van der Waals surface area contributed by atoms with Crippen molar-refractivity contribution in [3.8, 4) is 0 Å². The molecule has 7 heteroatoms. The molecule has 3 nitrogen and oxygen atoms in total. The molecule has 0 saturated heterocycles. The minimum Gasteiger partial charge on any atom is -0.385 e. The van der Waals surface area contributed by atoms with Crippen molar-refractivity contribution in [2.45, 2.75) is 17.5 Å². The molecule has 0 amide bonds. The predicted octanol–water partition coefficient (Wildman–Crippen LogP) is 2.45. The molecule has 0 heterocycles. The number of alkyl halides is 3. The number of benzene rings is 1. The van der Waals surface area contributed by atoms with E-state index in [1.54, 1.807) is 0 Å². The molecule has 0 saturated carbocycles. The standard InChI is InChI=1S/C10H12F3NO2S/c1-17(15,16)9-4-2-8(3-5-9)14-7-6-10(11,12)13/h2-5,14H,6-7H2,1H3. The predicted molar refractivity (Wildman–Crippen MR) is 58.7 cm³/mol. The number of hydrogen-bond donors (Lipinski definition) is 1. The van der Waals surface area contributed by atoms with Crippen LogP contribution < -0.4 is 5.32 Å². The molecule has 1 rings (SSSR count). The minimum absolute atomic E-state index is 0.138. The first kappa shape index (κ1) is 13.8. The van der Waals surface area contributed by atoms with Gasteiger partial charge in [0.2, 0.25) is 0 Å². The van der Waals surface area contributed by atoms with Crippen molar-refractivity contribution in [2.75, 3.05) is 18.1 Å². The maximum Gasteiger partial charge on any atom is 0.390 e. The zero-order valence-corrected chi connectivity index (χ0v) is 9.90. The summed E-state index contributed by atoms with van der Waals surface area (Å²) in [5.41, 5.74) is 0.460. The lowest BCUT2D eigenvalue weighted by Gasteiger charge is -2.09. The summed E-state index contributed by atoms with van der Waals surface area (Å²) < 4.78 is 57.8. The fourth-order valence-corrected chi connectivity index (χ4v) is 1.80. The first-order chi connectivity index (χ1) is 7.68. The largest absolute Gasteiger partial charge is 0.390 e. The fraction of sp³-hybridized carbons (Fsp3) is 0.400. The Morgan fingerprint density at radius 3 is 2.12 bits per heavy atom. The Bertz CT molecular complexity index is 465. The second-order valence-electron chi connectivity index (χ2n) is 3.59. The van der Waals surface area contributed by atoms with Crippen molar-refractivity contribution in [1.29, 1.82) is 0 Å². The average molecular weight is 267 g/mol. The molecular weight excluding hydrogens is 255 g/mol. The van der Waals surface area contributed by atoms with Gasteiger partial charge in [-0.15, -0.1) is 0 Å². The highest BCUT2D eigenvalue weighted by atomic mass is 32.2. The maximum atomic E-state index is 11.9. The molecule has 96 valence electrons. The topological polar surface area (TPSA) is 46.2 Å². The Balaban J connectivity index is 2.58. The van der Waals surface area contributed by atoms with Gasteiger partial charge in [-0.3, -0.25) is 0 Å². The number of nitrogens with one attached hydrogen (secondary N) is 1. The fourth-order valence-electron chi connectivity index (χ4n) is 1.17. The van der Waals surface area contributed by atoms with Crippen molar-refractivity contribution in [2.24, 2.45) is 0 Å². The van der Waals surface area contributed by atoms with Gasteiger partial charge in [0.25, 0.3) is 0 Å². The second kappa shape index (κ2) is 4.95. The highest BCUT2D eigenvalue weighted by Crippen LogP contribution is 2.20. The molecule has 0 unspecified atom stereocenters. The van der Waals surface area contributed by atoms with Crippen molar-refractivity contribution in [3.05, 3.63) is 24.3 Å². The Kier molecular flexibility index (Phi) is 4.03.